The van der Waals surface area contributed by atoms with Crippen molar-refractivity contribution in [1.82, 2.24) is 10.3 Å². The van der Waals surface area contributed by atoms with Gasteiger partial charge in [-0.2, -0.15) is 0 Å². The lowest BCUT2D eigenvalue weighted by atomic mass is 10.1. The zero-order valence-corrected chi connectivity index (χ0v) is 16.6. The van der Waals surface area contributed by atoms with Crippen LogP contribution in [0.3, 0.4) is 0 Å². The monoisotopic (exact) mass is 392 g/mol. The number of nitrogens with one attached hydrogen (secondary N) is 1. The fourth-order valence-electron chi connectivity index (χ4n) is 2.86. The number of carbonyl (C=O) groups is 2. The van der Waals surface area contributed by atoms with Gasteiger partial charge >= 0.3 is 5.97 Å². The van der Waals surface area contributed by atoms with Gasteiger partial charge in [0.1, 0.15) is 0 Å². The zero-order valence-electron chi connectivity index (χ0n) is 16.6. The van der Waals surface area contributed by atoms with Crippen LogP contribution in [0.15, 0.2) is 59.1 Å². The third kappa shape index (κ3) is 5.78. The fourth-order valence-corrected chi connectivity index (χ4v) is 2.86. The standard InChI is InChI=1S/C23H24N2O4/c1-16-3-7-18(8-4-16)20-15-25-22(29-20)12-11-21(26)24-14-13-17-5-9-19(10-6-17)23(27)28-2/h3-10,15H,11-14H2,1-2H3,(H,24,26). The van der Waals surface area contributed by atoms with Gasteiger partial charge in [0.15, 0.2) is 11.7 Å². The van der Waals surface area contributed by atoms with Crippen LogP contribution >= 0.6 is 0 Å². The maximum atomic E-state index is 12.1. The SMILES string of the molecule is COC(=O)c1ccc(CCNC(=O)CCc2ncc(-c3ccc(C)cc3)o2)cc1. The predicted octanol–water partition coefficient (Wildman–Crippen LogP) is 3.73. The Balaban J connectivity index is 1.41. The topological polar surface area (TPSA) is 81.4 Å². The second-order valence-electron chi connectivity index (χ2n) is 6.77. The van der Waals surface area contributed by atoms with Gasteiger partial charge < -0.3 is 14.5 Å². The molecule has 0 atom stereocenters. The van der Waals surface area contributed by atoms with Gasteiger partial charge in [-0.05, 0) is 31.0 Å². The largest absolute Gasteiger partial charge is 0.465 e. The molecule has 0 aliphatic rings. The van der Waals surface area contributed by atoms with Gasteiger partial charge in [-0.25, -0.2) is 9.78 Å². The number of aromatic nitrogens is 1. The number of oxazole rings is 1. The number of hydrogen-bond acceptors (Lipinski definition) is 5. The Morgan fingerprint density at radius 1 is 1.03 bits per heavy atom. The first-order chi connectivity index (χ1) is 14.0. The Morgan fingerprint density at radius 3 is 2.45 bits per heavy atom. The van der Waals surface area contributed by atoms with Crippen molar-refractivity contribution in [2.24, 2.45) is 0 Å². The minimum atomic E-state index is -0.359. The number of aryl methyl sites for hydroxylation is 2. The summed E-state index contributed by atoms with van der Waals surface area (Å²) in [5.74, 6) is 0.845. The van der Waals surface area contributed by atoms with E-state index in [4.69, 9.17) is 4.42 Å². The second kappa shape index (κ2) is 9.68. The molecular weight excluding hydrogens is 368 g/mol. The van der Waals surface area contributed by atoms with E-state index >= 15 is 0 Å². The van der Waals surface area contributed by atoms with Gasteiger partial charge in [-0.1, -0.05) is 42.0 Å². The van der Waals surface area contributed by atoms with Gasteiger partial charge in [0.05, 0.1) is 18.9 Å². The highest BCUT2D eigenvalue weighted by Crippen LogP contribution is 2.21. The Kier molecular flexibility index (Phi) is 6.79. The van der Waals surface area contributed by atoms with Crippen LogP contribution in [0.4, 0.5) is 0 Å². The molecule has 29 heavy (non-hydrogen) atoms. The van der Waals surface area contributed by atoms with Gasteiger partial charge in [0, 0.05) is 24.9 Å². The van der Waals surface area contributed by atoms with Crippen molar-refractivity contribution in [2.75, 3.05) is 13.7 Å². The van der Waals surface area contributed by atoms with E-state index in [1.54, 1.807) is 18.3 Å². The third-order valence-corrected chi connectivity index (χ3v) is 4.57. The van der Waals surface area contributed by atoms with Crippen LogP contribution in [0, 0.1) is 6.92 Å². The predicted molar refractivity (Wildman–Crippen MR) is 109 cm³/mol. The molecule has 1 aromatic heterocycles. The third-order valence-electron chi connectivity index (χ3n) is 4.57. The summed E-state index contributed by atoms with van der Waals surface area (Å²) in [6.07, 6.45) is 3.14. The smallest absolute Gasteiger partial charge is 0.337 e. The lowest BCUT2D eigenvalue weighted by Crippen LogP contribution is -2.25. The van der Waals surface area contributed by atoms with E-state index in [1.807, 2.05) is 43.3 Å². The highest BCUT2D eigenvalue weighted by Gasteiger charge is 2.09. The van der Waals surface area contributed by atoms with Crippen molar-refractivity contribution >= 4 is 11.9 Å². The van der Waals surface area contributed by atoms with E-state index < -0.39 is 0 Å². The van der Waals surface area contributed by atoms with E-state index in [1.165, 1.54) is 12.7 Å². The van der Waals surface area contributed by atoms with Gasteiger partial charge in [0.2, 0.25) is 5.91 Å². The number of ether oxygens (including phenoxy) is 1. The molecule has 0 aliphatic heterocycles. The first-order valence-corrected chi connectivity index (χ1v) is 9.51. The van der Waals surface area contributed by atoms with Crippen LogP contribution in [0.25, 0.3) is 11.3 Å². The van der Waals surface area contributed by atoms with Crippen molar-refractivity contribution in [3.8, 4) is 11.3 Å². The molecule has 2 aromatic carbocycles. The minimum absolute atomic E-state index is 0.0498. The molecule has 1 heterocycles. The Morgan fingerprint density at radius 2 is 1.76 bits per heavy atom. The fraction of sp³-hybridized carbons (Fsp3) is 0.261. The van der Waals surface area contributed by atoms with E-state index in [0.717, 1.165) is 11.1 Å². The van der Waals surface area contributed by atoms with Crippen LogP contribution in [-0.2, 0) is 22.4 Å². The quantitative estimate of drug-likeness (QED) is 0.591. The number of benzene rings is 2. The molecule has 0 saturated carbocycles. The second-order valence-corrected chi connectivity index (χ2v) is 6.77. The number of rotatable bonds is 8. The van der Waals surface area contributed by atoms with E-state index in [-0.39, 0.29) is 11.9 Å². The summed E-state index contributed by atoms with van der Waals surface area (Å²) in [5.41, 5.74) is 3.70. The molecule has 6 nitrogen and oxygen atoms in total. The van der Waals surface area contributed by atoms with Crippen LogP contribution in [-0.4, -0.2) is 30.5 Å². The normalized spacial score (nSPS) is 10.6. The van der Waals surface area contributed by atoms with Crippen molar-refractivity contribution in [3.63, 3.8) is 0 Å². The van der Waals surface area contributed by atoms with Gasteiger partial charge in [-0.3, -0.25) is 4.79 Å². The summed E-state index contributed by atoms with van der Waals surface area (Å²) in [6, 6.07) is 15.2. The number of nitrogens with zero attached hydrogens (tertiary/aromatic N) is 1. The number of methoxy groups -OCH3 is 1. The van der Waals surface area contributed by atoms with Gasteiger partial charge in [-0.15, -0.1) is 0 Å². The van der Waals surface area contributed by atoms with E-state index in [0.29, 0.717) is 43.0 Å². The molecule has 3 rings (SSSR count). The Hall–Kier alpha value is -3.41. The average molecular weight is 392 g/mol. The number of esters is 1. The lowest BCUT2D eigenvalue weighted by Gasteiger charge is -2.05. The first-order valence-electron chi connectivity index (χ1n) is 9.51. The molecule has 0 saturated heterocycles. The molecule has 0 fully saturated rings. The molecule has 1 amide bonds. The summed E-state index contributed by atoms with van der Waals surface area (Å²) in [6.45, 7) is 2.56. The van der Waals surface area contributed by atoms with Crippen molar-refractivity contribution < 1.29 is 18.7 Å². The first kappa shape index (κ1) is 20.3. The molecule has 150 valence electrons. The summed E-state index contributed by atoms with van der Waals surface area (Å²) >= 11 is 0. The molecule has 0 spiro atoms. The minimum Gasteiger partial charge on any atom is -0.465 e. The van der Waals surface area contributed by atoms with Crippen molar-refractivity contribution in [2.45, 2.75) is 26.2 Å². The summed E-state index contributed by atoms with van der Waals surface area (Å²) in [5, 5.41) is 2.89. The molecule has 6 heteroatoms. The highest BCUT2D eigenvalue weighted by atomic mass is 16.5. The van der Waals surface area contributed by atoms with Crippen molar-refractivity contribution in [3.05, 3.63) is 77.3 Å². The summed E-state index contributed by atoms with van der Waals surface area (Å²) in [7, 11) is 1.35. The van der Waals surface area contributed by atoms with Crippen LogP contribution in [0.5, 0.6) is 0 Å². The van der Waals surface area contributed by atoms with Crippen LogP contribution in [0.1, 0.15) is 33.8 Å². The highest BCUT2D eigenvalue weighted by molar-refractivity contribution is 5.89. The van der Waals surface area contributed by atoms with Crippen LogP contribution < -0.4 is 5.32 Å². The maximum Gasteiger partial charge on any atom is 0.337 e. The van der Waals surface area contributed by atoms with E-state index in [9.17, 15) is 9.59 Å². The Bertz CT molecular complexity index is 959. The zero-order chi connectivity index (χ0) is 20.6. The van der Waals surface area contributed by atoms with Crippen molar-refractivity contribution in [1.29, 1.82) is 0 Å². The molecule has 0 unspecified atom stereocenters. The number of hydrogen-bond donors (Lipinski definition) is 1. The maximum absolute atomic E-state index is 12.1. The van der Waals surface area contributed by atoms with Crippen LogP contribution in [0.2, 0.25) is 0 Å². The molecule has 1 N–H and O–H groups in total. The number of amides is 1. The molecule has 0 aliphatic carbocycles. The summed E-state index contributed by atoms with van der Waals surface area (Å²) < 4.78 is 10.4. The summed E-state index contributed by atoms with van der Waals surface area (Å²) in [4.78, 5) is 27.7. The Labute approximate surface area is 169 Å². The number of carbonyl (C=O) groups excluding carboxylic acids is 2. The molecule has 0 bridgehead atoms. The van der Waals surface area contributed by atoms with E-state index in [2.05, 4.69) is 15.0 Å². The lowest BCUT2D eigenvalue weighted by molar-refractivity contribution is -0.121. The molecule has 3 aromatic rings. The molecule has 0 radical (unpaired) electrons. The molecular formula is C23H24N2O4. The average Bonchev–Trinajstić information content (AvgIpc) is 3.22. The van der Waals surface area contributed by atoms with Gasteiger partial charge in [0.25, 0.3) is 0 Å².